The highest BCUT2D eigenvalue weighted by molar-refractivity contribution is 5.99. The molecule has 0 saturated carbocycles. The number of ether oxygens (including phenoxy) is 1. The van der Waals surface area contributed by atoms with E-state index in [2.05, 4.69) is 5.32 Å². The lowest BCUT2D eigenvalue weighted by atomic mass is 9.95. The van der Waals surface area contributed by atoms with Gasteiger partial charge in [-0.1, -0.05) is 13.0 Å². The van der Waals surface area contributed by atoms with E-state index in [-0.39, 0.29) is 11.5 Å². The smallest absolute Gasteiger partial charge is 0.257 e. The minimum absolute atomic E-state index is 0.00747. The van der Waals surface area contributed by atoms with Gasteiger partial charge in [0, 0.05) is 45.0 Å². The summed E-state index contributed by atoms with van der Waals surface area (Å²) in [5.74, 6) is 0.604. The second-order valence-corrected chi connectivity index (χ2v) is 6.94. The third-order valence-electron chi connectivity index (χ3n) is 5.10. The first kappa shape index (κ1) is 19.2. The quantitative estimate of drug-likeness (QED) is 0.895. The van der Waals surface area contributed by atoms with Crippen molar-refractivity contribution in [3.05, 3.63) is 51.4 Å². The van der Waals surface area contributed by atoms with Crippen LogP contribution in [0.2, 0.25) is 0 Å². The summed E-state index contributed by atoms with van der Waals surface area (Å²) in [5.41, 5.74) is 4.16. The maximum absolute atomic E-state index is 13.1. The van der Waals surface area contributed by atoms with Gasteiger partial charge in [0.15, 0.2) is 0 Å². The average molecular weight is 369 g/mol. The van der Waals surface area contributed by atoms with Crippen LogP contribution in [-0.4, -0.2) is 48.7 Å². The molecule has 0 radical (unpaired) electrons. The van der Waals surface area contributed by atoms with Crippen LogP contribution in [0.1, 0.15) is 28.4 Å². The Morgan fingerprint density at radius 1 is 1.19 bits per heavy atom. The van der Waals surface area contributed by atoms with Gasteiger partial charge in [0.1, 0.15) is 5.75 Å². The van der Waals surface area contributed by atoms with Gasteiger partial charge >= 0.3 is 0 Å². The van der Waals surface area contributed by atoms with E-state index >= 15 is 0 Å². The molecule has 3 rings (SSSR count). The van der Waals surface area contributed by atoms with Gasteiger partial charge in [-0.3, -0.25) is 9.59 Å². The first-order valence-corrected chi connectivity index (χ1v) is 9.34. The Morgan fingerprint density at radius 2 is 1.89 bits per heavy atom. The third-order valence-corrected chi connectivity index (χ3v) is 5.10. The lowest BCUT2D eigenvalue weighted by molar-refractivity contribution is 0.0731. The van der Waals surface area contributed by atoms with Gasteiger partial charge in [-0.2, -0.15) is 0 Å². The average Bonchev–Trinajstić information content (AvgIpc) is 2.70. The fourth-order valence-corrected chi connectivity index (χ4v) is 3.58. The van der Waals surface area contributed by atoms with Crippen molar-refractivity contribution in [3.8, 4) is 16.9 Å². The van der Waals surface area contributed by atoms with Gasteiger partial charge in [-0.25, -0.2) is 0 Å². The van der Waals surface area contributed by atoms with Crippen molar-refractivity contribution < 1.29 is 9.53 Å². The number of hydrogen-bond donors (Lipinski definition) is 1. The Hall–Kier alpha value is -2.60. The molecular formula is C21H27N3O3. The molecule has 0 unspecified atom stereocenters. The molecule has 1 saturated heterocycles. The largest absolute Gasteiger partial charge is 0.496 e. The van der Waals surface area contributed by atoms with E-state index in [4.69, 9.17) is 4.74 Å². The Morgan fingerprint density at radius 3 is 2.48 bits per heavy atom. The molecule has 1 aromatic carbocycles. The molecule has 1 fully saturated rings. The van der Waals surface area contributed by atoms with Crippen LogP contribution in [0, 0.1) is 6.92 Å². The molecule has 0 bridgehead atoms. The summed E-state index contributed by atoms with van der Waals surface area (Å²) in [6.07, 6.45) is 2.55. The monoisotopic (exact) mass is 369 g/mol. The van der Waals surface area contributed by atoms with Crippen molar-refractivity contribution in [2.75, 3.05) is 33.3 Å². The second kappa shape index (κ2) is 7.96. The standard InChI is InChI=1S/C21H27N3O3/c1-5-15-11-16(17-10-14(2)20(25)23(3)13-17)12-18(27-4)19(15)21(26)24-8-6-22-7-9-24/h10-13,22H,5-9H2,1-4H3. The number of nitrogens with zero attached hydrogens (tertiary/aromatic N) is 2. The molecule has 27 heavy (non-hydrogen) atoms. The fourth-order valence-electron chi connectivity index (χ4n) is 3.58. The van der Waals surface area contributed by atoms with E-state index in [1.165, 1.54) is 0 Å². The number of benzene rings is 1. The normalized spacial score (nSPS) is 14.3. The molecule has 1 amide bonds. The molecule has 1 N–H and O–H groups in total. The van der Waals surface area contributed by atoms with Gasteiger partial charge in [0.25, 0.3) is 11.5 Å². The SMILES string of the molecule is CCc1cc(-c2cc(C)c(=O)n(C)c2)cc(OC)c1C(=O)N1CCNCC1. The number of piperazine rings is 1. The van der Waals surface area contributed by atoms with Crippen LogP contribution in [0.15, 0.2) is 29.2 Å². The molecular weight excluding hydrogens is 342 g/mol. The van der Waals surface area contributed by atoms with Crippen LogP contribution in [0.5, 0.6) is 5.75 Å². The van der Waals surface area contributed by atoms with Crippen LogP contribution in [0.3, 0.4) is 0 Å². The van der Waals surface area contributed by atoms with Crippen LogP contribution >= 0.6 is 0 Å². The Bertz CT molecular complexity index is 860. The Labute approximate surface area is 159 Å². The van der Waals surface area contributed by atoms with Crippen LogP contribution in [0.4, 0.5) is 0 Å². The Kier molecular flexibility index (Phi) is 5.65. The van der Waals surface area contributed by atoms with Crippen LogP contribution in [-0.2, 0) is 13.5 Å². The summed E-state index contributed by atoms with van der Waals surface area (Å²) < 4.78 is 7.20. The van der Waals surface area contributed by atoms with Gasteiger partial charge in [0.2, 0.25) is 0 Å². The zero-order chi connectivity index (χ0) is 19.6. The first-order valence-electron chi connectivity index (χ1n) is 9.34. The highest BCUT2D eigenvalue weighted by Crippen LogP contribution is 2.32. The second-order valence-electron chi connectivity index (χ2n) is 6.94. The zero-order valence-corrected chi connectivity index (χ0v) is 16.5. The maximum atomic E-state index is 13.1. The summed E-state index contributed by atoms with van der Waals surface area (Å²) in [7, 11) is 3.35. The lowest BCUT2D eigenvalue weighted by Crippen LogP contribution is -2.46. The summed E-state index contributed by atoms with van der Waals surface area (Å²) in [6, 6.07) is 5.82. The molecule has 6 nitrogen and oxygen atoms in total. The molecule has 0 aliphatic carbocycles. The minimum atomic E-state index is -0.00747. The van der Waals surface area contributed by atoms with Crippen LogP contribution < -0.4 is 15.6 Å². The van der Waals surface area contributed by atoms with E-state index in [0.29, 0.717) is 30.0 Å². The van der Waals surface area contributed by atoms with E-state index in [1.807, 2.05) is 43.1 Å². The maximum Gasteiger partial charge on any atom is 0.257 e. The van der Waals surface area contributed by atoms with E-state index in [1.54, 1.807) is 18.7 Å². The number of aromatic nitrogens is 1. The van der Waals surface area contributed by atoms with E-state index < -0.39 is 0 Å². The molecule has 0 spiro atoms. The number of aryl methyl sites for hydroxylation is 3. The molecule has 1 aliphatic heterocycles. The summed E-state index contributed by atoms with van der Waals surface area (Å²) in [6.45, 7) is 6.88. The number of rotatable bonds is 4. The van der Waals surface area contributed by atoms with Crippen molar-refractivity contribution in [1.29, 1.82) is 0 Å². The first-order chi connectivity index (χ1) is 13.0. The molecule has 144 valence electrons. The molecule has 2 aromatic rings. The summed E-state index contributed by atoms with van der Waals surface area (Å²) >= 11 is 0. The number of methoxy groups -OCH3 is 1. The van der Waals surface area contributed by atoms with Gasteiger partial charge in [-0.15, -0.1) is 0 Å². The summed E-state index contributed by atoms with van der Waals surface area (Å²) in [5, 5.41) is 3.27. The van der Waals surface area contributed by atoms with Crippen molar-refractivity contribution >= 4 is 5.91 Å². The molecule has 1 aromatic heterocycles. The number of amides is 1. The predicted octanol–water partition coefficient (Wildman–Crippen LogP) is 1.98. The number of carbonyl (C=O) groups is 1. The minimum Gasteiger partial charge on any atom is -0.496 e. The fraction of sp³-hybridized carbons (Fsp3) is 0.429. The number of hydrogen-bond acceptors (Lipinski definition) is 4. The van der Waals surface area contributed by atoms with Gasteiger partial charge in [-0.05, 0) is 42.2 Å². The van der Waals surface area contributed by atoms with E-state index in [0.717, 1.165) is 36.2 Å². The molecule has 6 heteroatoms. The number of nitrogens with one attached hydrogen (secondary N) is 1. The zero-order valence-electron chi connectivity index (χ0n) is 16.5. The number of carbonyl (C=O) groups excluding carboxylic acids is 1. The van der Waals surface area contributed by atoms with Crippen LogP contribution in [0.25, 0.3) is 11.1 Å². The van der Waals surface area contributed by atoms with E-state index in [9.17, 15) is 9.59 Å². The molecule has 2 heterocycles. The highest BCUT2D eigenvalue weighted by Gasteiger charge is 2.24. The van der Waals surface area contributed by atoms with Gasteiger partial charge < -0.3 is 19.5 Å². The van der Waals surface area contributed by atoms with Gasteiger partial charge in [0.05, 0.1) is 12.7 Å². The molecule has 0 atom stereocenters. The van der Waals surface area contributed by atoms with Crippen molar-refractivity contribution in [3.63, 3.8) is 0 Å². The number of pyridine rings is 1. The molecule has 1 aliphatic rings. The van der Waals surface area contributed by atoms with Crippen molar-refractivity contribution in [2.45, 2.75) is 20.3 Å². The van der Waals surface area contributed by atoms with Crippen molar-refractivity contribution in [2.24, 2.45) is 7.05 Å². The topological polar surface area (TPSA) is 63.6 Å². The highest BCUT2D eigenvalue weighted by atomic mass is 16.5. The lowest BCUT2D eigenvalue weighted by Gasteiger charge is -2.29. The predicted molar refractivity (Wildman–Crippen MR) is 107 cm³/mol. The van der Waals surface area contributed by atoms with Crippen molar-refractivity contribution in [1.82, 2.24) is 14.8 Å². The third kappa shape index (κ3) is 3.76. The summed E-state index contributed by atoms with van der Waals surface area (Å²) in [4.78, 5) is 27.0. The Balaban J connectivity index is 2.09.